The molecular weight excluding hydrogens is 222 g/mol. The Balaban J connectivity index is 1.80. The summed E-state index contributed by atoms with van der Waals surface area (Å²) >= 11 is 0. The van der Waals surface area contributed by atoms with Crippen molar-refractivity contribution in [3.63, 3.8) is 0 Å². The number of piperidine rings is 1. The topological polar surface area (TPSA) is 29.9 Å². The molecule has 1 aliphatic rings. The Kier molecular flexibility index (Phi) is 3.15. The van der Waals surface area contributed by atoms with E-state index in [0.717, 1.165) is 19.0 Å². The van der Waals surface area contributed by atoms with Crippen LogP contribution in [0.4, 0.5) is 0 Å². The fraction of sp³-hybridized carbons (Fsp3) is 0.400. The molecule has 3 rings (SSSR count). The Bertz CT molecular complexity index is 507. The van der Waals surface area contributed by atoms with Gasteiger partial charge in [-0.15, -0.1) is 0 Å². The number of nitrogens with one attached hydrogen (secondary N) is 1. The van der Waals surface area contributed by atoms with E-state index < -0.39 is 0 Å². The summed E-state index contributed by atoms with van der Waals surface area (Å²) < 4.78 is 1.84. The van der Waals surface area contributed by atoms with Crippen LogP contribution in [-0.4, -0.2) is 22.9 Å². The summed E-state index contributed by atoms with van der Waals surface area (Å²) in [4.78, 5) is 0. The lowest BCUT2D eigenvalue weighted by atomic mass is 9.89. The van der Waals surface area contributed by atoms with Gasteiger partial charge in [-0.1, -0.05) is 24.3 Å². The van der Waals surface area contributed by atoms with E-state index in [1.54, 1.807) is 0 Å². The fourth-order valence-corrected chi connectivity index (χ4v) is 2.67. The molecule has 3 heteroatoms. The molecule has 3 nitrogen and oxygen atoms in total. The molecule has 1 N–H and O–H groups in total. The number of hydrogen-bond donors (Lipinski definition) is 1. The summed E-state index contributed by atoms with van der Waals surface area (Å²) in [5.41, 5.74) is 3.92. The van der Waals surface area contributed by atoms with Crippen molar-refractivity contribution in [3.05, 3.63) is 42.2 Å². The van der Waals surface area contributed by atoms with Gasteiger partial charge in [0.2, 0.25) is 0 Å². The average Bonchev–Trinajstić information content (AvgIpc) is 2.87. The molecule has 1 aromatic carbocycles. The third-order valence-corrected chi connectivity index (χ3v) is 3.76. The zero-order valence-electron chi connectivity index (χ0n) is 10.8. The molecule has 0 unspecified atom stereocenters. The number of benzene rings is 1. The van der Waals surface area contributed by atoms with Crippen molar-refractivity contribution in [2.75, 3.05) is 13.1 Å². The van der Waals surface area contributed by atoms with Gasteiger partial charge in [0.1, 0.15) is 0 Å². The van der Waals surface area contributed by atoms with Crippen LogP contribution in [0.3, 0.4) is 0 Å². The van der Waals surface area contributed by atoms with Crippen LogP contribution >= 0.6 is 0 Å². The van der Waals surface area contributed by atoms with E-state index in [1.165, 1.54) is 29.5 Å². The second-order valence-corrected chi connectivity index (χ2v) is 5.05. The fourth-order valence-electron chi connectivity index (χ4n) is 2.67. The van der Waals surface area contributed by atoms with Gasteiger partial charge < -0.3 is 5.32 Å². The van der Waals surface area contributed by atoms with E-state index in [0.29, 0.717) is 0 Å². The average molecular weight is 241 g/mol. The van der Waals surface area contributed by atoms with Crippen molar-refractivity contribution in [1.82, 2.24) is 15.1 Å². The molecule has 0 aliphatic carbocycles. The minimum Gasteiger partial charge on any atom is -0.317 e. The van der Waals surface area contributed by atoms with Crippen molar-refractivity contribution in [2.24, 2.45) is 7.05 Å². The molecule has 1 aromatic heterocycles. The number of aromatic nitrogens is 2. The molecule has 0 spiro atoms. The van der Waals surface area contributed by atoms with E-state index in [1.807, 2.05) is 17.9 Å². The molecule has 2 aromatic rings. The monoisotopic (exact) mass is 241 g/mol. The maximum absolute atomic E-state index is 4.21. The molecule has 1 aliphatic heterocycles. The van der Waals surface area contributed by atoms with Crippen molar-refractivity contribution in [3.8, 4) is 11.1 Å². The van der Waals surface area contributed by atoms with Gasteiger partial charge >= 0.3 is 0 Å². The molecule has 1 fully saturated rings. The van der Waals surface area contributed by atoms with Gasteiger partial charge in [0.05, 0.1) is 6.20 Å². The number of aryl methyl sites for hydroxylation is 1. The maximum Gasteiger partial charge on any atom is 0.0568 e. The lowest BCUT2D eigenvalue weighted by Crippen LogP contribution is -2.26. The van der Waals surface area contributed by atoms with Crippen LogP contribution in [0.1, 0.15) is 24.3 Å². The highest BCUT2D eigenvalue weighted by Gasteiger charge is 2.14. The molecule has 0 radical (unpaired) electrons. The third-order valence-electron chi connectivity index (χ3n) is 3.76. The zero-order chi connectivity index (χ0) is 12.4. The predicted octanol–water partition coefficient (Wildman–Crippen LogP) is 2.55. The van der Waals surface area contributed by atoms with E-state index >= 15 is 0 Å². The summed E-state index contributed by atoms with van der Waals surface area (Å²) in [6.07, 6.45) is 6.48. The summed E-state index contributed by atoms with van der Waals surface area (Å²) in [7, 11) is 1.95. The first-order chi connectivity index (χ1) is 8.83. The number of hydrogen-bond acceptors (Lipinski definition) is 2. The highest BCUT2D eigenvalue weighted by molar-refractivity contribution is 5.62. The smallest absolute Gasteiger partial charge is 0.0568 e. The van der Waals surface area contributed by atoms with Crippen molar-refractivity contribution in [1.29, 1.82) is 0 Å². The Labute approximate surface area is 108 Å². The number of rotatable bonds is 2. The van der Waals surface area contributed by atoms with Crippen molar-refractivity contribution in [2.45, 2.75) is 18.8 Å². The van der Waals surface area contributed by atoms with Crippen molar-refractivity contribution < 1.29 is 0 Å². The Morgan fingerprint density at radius 3 is 2.44 bits per heavy atom. The largest absolute Gasteiger partial charge is 0.317 e. The zero-order valence-corrected chi connectivity index (χ0v) is 10.8. The van der Waals surface area contributed by atoms with Crippen LogP contribution in [0.15, 0.2) is 36.7 Å². The van der Waals surface area contributed by atoms with Gasteiger partial charge in [0, 0.05) is 18.8 Å². The van der Waals surface area contributed by atoms with Gasteiger partial charge in [-0.25, -0.2) is 0 Å². The Morgan fingerprint density at radius 2 is 1.83 bits per heavy atom. The SMILES string of the molecule is Cn1cc(-c2ccc(C3CCNCC3)cc2)cn1. The first-order valence-electron chi connectivity index (χ1n) is 6.62. The van der Waals surface area contributed by atoms with E-state index in [-0.39, 0.29) is 0 Å². The molecule has 94 valence electrons. The maximum atomic E-state index is 4.21. The summed E-state index contributed by atoms with van der Waals surface area (Å²) in [6.45, 7) is 2.30. The second kappa shape index (κ2) is 4.94. The third kappa shape index (κ3) is 2.31. The minimum absolute atomic E-state index is 0.731. The highest BCUT2D eigenvalue weighted by atomic mass is 15.2. The molecular formula is C15H19N3. The van der Waals surface area contributed by atoms with Gasteiger partial charge in [-0.2, -0.15) is 5.10 Å². The standard InChI is InChI=1S/C15H19N3/c1-18-11-15(10-17-18)13-4-2-12(3-5-13)14-6-8-16-9-7-14/h2-5,10-11,14,16H,6-9H2,1H3. The molecule has 1 saturated heterocycles. The highest BCUT2D eigenvalue weighted by Crippen LogP contribution is 2.27. The molecule has 0 amide bonds. The van der Waals surface area contributed by atoms with Gasteiger partial charge in [-0.3, -0.25) is 4.68 Å². The second-order valence-electron chi connectivity index (χ2n) is 5.05. The minimum atomic E-state index is 0.731. The molecule has 0 bridgehead atoms. The Hall–Kier alpha value is -1.61. The van der Waals surface area contributed by atoms with E-state index in [9.17, 15) is 0 Å². The van der Waals surface area contributed by atoms with E-state index in [2.05, 4.69) is 40.9 Å². The summed E-state index contributed by atoms with van der Waals surface area (Å²) in [5, 5.41) is 7.63. The van der Waals surface area contributed by atoms with Gasteiger partial charge in [0.25, 0.3) is 0 Å². The quantitative estimate of drug-likeness (QED) is 0.875. The van der Waals surface area contributed by atoms with Crippen LogP contribution in [0.2, 0.25) is 0 Å². The van der Waals surface area contributed by atoms with Crippen LogP contribution in [0, 0.1) is 0 Å². The lowest BCUT2D eigenvalue weighted by Gasteiger charge is -2.23. The van der Waals surface area contributed by atoms with Gasteiger partial charge in [-0.05, 0) is 43.0 Å². The normalized spacial score (nSPS) is 16.9. The van der Waals surface area contributed by atoms with Crippen LogP contribution in [-0.2, 0) is 7.05 Å². The first-order valence-corrected chi connectivity index (χ1v) is 6.62. The molecule has 2 heterocycles. The Morgan fingerprint density at radius 1 is 1.11 bits per heavy atom. The van der Waals surface area contributed by atoms with Gasteiger partial charge in [0.15, 0.2) is 0 Å². The van der Waals surface area contributed by atoms with Crippen LogP contribution < -0.4 is 5.32 Å². The first kappa shape index (κ1) is 11.5. The van der Waals surface area contributed by atoms with Crippen LogP contribution in [0.5, 0.6) is 0 Å². The van der Waals surface area contributed by atoms with E-state index in [4.69, 9.17) is 0 Å². The van der Waals surface area contributed by atoms with Crippen molar-refractivity contribution >= 4 is 0 Å². The number of nitrogens with zero attached hydrogens (tertiary/aromatic N) is 2. The molecule has 0 saturated carbocycles. The summed E-state index contributed by atoms with van der Waals surface area (Å²) in [6, 6.07) is 8.99. The van der Waals surface area contributed by atoms with Crippen LogP contribution in [0.25, 0.3) is 11.1 Å². The molecule has 18 heavy (non-hydrogen) atoms. The predicted molar refractivity (Wildman–Crippen MR) is 73.5 cm³/mol. The lowest BCUT2D eigenvalue weighted by molar-refractivity contribution is 0.460. The summed E-state index contributed by atoms with van der Waals surface area (Å²) in [5.74, 6) is 0.731. The molecule has 0 atom stereocenters.